The van der Waals surface area contributed by atoms with Crippen molar-refractivity contribution in [1.29, 1.82) is 0 Å². The fourth-order valence-corrected chi connectivity index (χ4v) is 4.61. The summed E-state index contributed by atoms with van der Waals surface area (Å²) < 4.78 is 13.8. The van der Waals surface area contributed by atoms with Crippen LogP contribution >= 0.6 is 0 Å². The average molecular weight is 486 g/mol. The average Bonchev–Trinajstić information content (AvgIpc) is 3.22. The summed E-state index contributed by atoms with van der Waals surface area (Å²) in [4.78, 5) is 34.4. The van der Waals surface area contributed by atoms with Crippen molar-refractivity contribution in [3.05, 3.63) is 89.7 Å². The first kappa shape index (κ1) is 23.8. The molecule has 2 aliphatic rings. The topological polar surface area (TPSA) is 77.0 Å². The third-order valence-corrected chi connectivity index (χ3v) is 6.62. The lowest BCUT2D eigenvalue weighted by molar-refractivity contribution is -0.119. The van der Waals surface area contributed by atoms with E-state index in [2.05, 4.69) is 15.5 Å². The van der Waals surface area contributed by atoms with Gasteiger partial charge >= 0.3 is 0 Å². The van der Waals surface area contributed by atoms with Crippen molar-refractivity contribution in [2.45, 2.75) is 5.92 Å². The number of hydrogen-bond donors (Lipinski definition) is 2. The predicted molar refractivity (Wildman–Crippen MR) is 140 cm³/mol. The van der Waals surface area contributed by atoms with Crippen LogP contribution in [0.4, 0.5) is 21.5 Å². The number of nitrogens with one attached hydrogen (secondary N) is 2. The van der Waals surface area contributed by atoms with Crippen LogP contribution in [-0.2, 0) is 9.59 Å². The Morgan fingerprint density at radius 1 is 1.06 bits per heavy atom. The molecule has 1 atom stereocenters. The van der Waals surface area contributed by atoms with Crippen LogP contribution in [0.1, 0.15) is 17.0 Å². The highest BCUT2D eigenvalue weighted by Crippen LogP contribution is 2.36. The van der Waals surface area contributed by atoms with Crippen molar-refractivity contribution in [3.63, 3.8) is 0 Å². The van der Waals surface area contributed by atoms with E-state index in [1.165, 1.54) is 12.1 Å². The fourth-order valence-electron chi connectivity index (χ4n) is 4.61. The standard InChI is InChI=1S/C28H28FN5O2/c1-33(25(35)18-34-15-13-30-14-16-34)22-10-8-21(9-11-22)31-27(19-5-3-2-4-6-19)26-23-12-7-20(29)17-24(23)32-28(26)36/h2-12,17,26,30H,13-16,18H2,1H3,(H,32,36). The molecule has 36 heavy (non-hydrogen) atoms. The number of hydrogen-bond acceptors (Lipinski definition) is 5. The zero-order chi connectivity index (χ0) is 25.1. The normalized spacial score (nSPS) is 18.0. The van der Waals surface area contributed by atoms with Crippen LogP contribution in [0.25, 0.3) is 0 Å². The third kappa shape index (κ3) is 5.05. The van der Waals surface area contributed by atoms with E-state index in [-0.39, 0.29) is 11.8 Å². The first-order valence-electron chi connectivity index (χ1n) is 12.0. The van der Waals surface area contributed by atoms with E-state index in [9.17, 15) is 14.0 Å². The lowest BCUT2D eigenvalue weighted by Gasteiger charge is -2.28. The Balaban J connectivity index is 1.42. The maximum Gasteiger partial charge on any atom is 0.240 e. The van der Waals surface area contributed by atoms with Gasteiger partial charge in [0.1, 0.15) is 11.7 Å². The second kappa shape index (κ2) is 10.4. The summed E-state index contributed by atoms with van der Waals surface area (Å²) in [5.74, 6) is -1.28. The smallest absolute Gasteiger partial charge is 0.240 e. The molecule has 3 aromatic rings. The lowest BCUT2D eigenvalue weighted by atomic mass is 9.90. The molecule has 1 fully saturated rings. The maximum atomic E-state index is 13.8. The van der Waals surface area contributed by atoms with Crippen LogP contribution < -0.4 is 15.5 Å². The molecule has 1 saturated heterocycles. The highest BCUT2D eigenvalue weighted by atomic mass is 19.1. The second-order valence-electron chi connectivity index (χ2n) is 9.01. The molecule has 8 heteroatoms. The molecule has 0 bridgehead atoms. The number of rotatable bonds is 6. The van der Waals surface area contributed by atoms with Crippen molar-refractivity contribution in [2.24, 2.45) is 4.99 Å². The summed E-state index contributed by atoms with van der Waals surface area (Å²) >= 11 is 0. The van der Waals surface area contributed by atoms with E-state index in [1.54, 1.807) is 18.0 Å². The van der Waals surface area contributed by atoms with Crippen LogP contribution in [-0.4, -0.2) is 62.2 Å². The zero-order valence-corrected chi connectivity index (χ0v) is 20.1. The van der Waals surface area contributed by atoms with E-state index >= 15 is 0 Å². The minimum absolute atomic E-state index is 0.0320. The number of carbonyl (C=O) groups is 2. The van der Waals surface area contributed by atoms with Crippen LogP contribution in [0.2, 0.25) is 0 Å². The number of carbonyl (C=O) groups excluding carboxylic acids is 2. The van der Waals surface area contributed by atoms with Gasteiger partial charge in [0.15, 0.2) is 0 Å². The Morgan fingerprint density at radius 2 is 1.78 bits per heavy atom. The van der Waals surface area contributed by atoms with Gasteiger partial charge in [0, 0.05) is 44.6 Å². The number of piperazine rings is 1. The molecular weight excluding hydrogens is 457 g/mol. The molecule has 5 rings (SSSR count). The van der Waals surface area contributed by atoms with Crippen LogP contribution in [0, 0.1) is 5.82 Å². The number of fused-ring (bicyclic) bond motifs is 1. The third-order valence-electron chi connectivity index (χ3n) is 6.62. The van der Waals surface area contributed by atoms with Gasteiger partial charge < -0.3 is 15.5 Å². The summed E-state index contributed by atoms with van der Waals surface area (Å²) in [6.07, 6.45) is 0. The van der Waals surface area contributed by atoms with E-state index in [4.69, 9.17) is 4.99 Å². The summed E-state index contributed by atoms with van der Waals surface area (Å²) in [5, 5.41) is 6.08. The van der Waals surface area contributed by atoms with Crippen molar-refractivity contribution < 1.29 is 14.0 Å². The Bertz CT molecular complexity index is 1290. The second-order valence-corrected chi connectivity index (χ2v) is 9.01. The van der Waals surface area contributed by atoms with Gasteiger partial charge in [-0.3, -0.25) is 19.5 Å². The Kier molecular flexibility index (Phi) is 6.88. The molecule has 2 amide bonds. The first-order valence-corrected chi connectivity index (χ1v) is 12.0. The zero-order valence-electron chi connectivity index (χ0n) is 20.1. The minimum atomic E-state index is -0.661. The summed E-state index contributed by atoms with van der Waals surface area (Å²) in [7, 11) is 1.77. The van der Waals surface area contributed by atoms with Gasteiger partial charge in [0.2, 0.25) is 11.8 Å². The Labute approximate surface area is 209 Å². The van der Waals surface area contributed by atoms with Gasteiger partial charge in [-0.15, -0.1) is 0 Å². The summed E-state index contributed by atoms with van der Waals surface area (Å²) in [5.41, 5.74) is 3.97. The molecule has 2 heterocycles. The highest BCUT2D eigenvalue weighted by molar-refractivity contribution is 6.24. The van der Waals surface area contributed by atoms with E-state index in [0.29, 0.717) is 29.2 Å². The predicted octanol–water partition coefficient (Wildman–Crippen LogP) is 3.55. The lowest BCUT2D eigenvalue weighted by Crippen LogP contribution is -2.47. The van der Waals surface area contributed by atoms with Gasteiger partial charge in [-0.05, 0) is 47.5 Å². The van der Waals surface area contributed by atoms with E-state index in [1.807, 2.05) is 54.6 Å². The largest absolute Gasteiger partial charge is 0.325 e. The number of anilines is 2. The molecule has 0 aromatic heterocycles. The number of amides is 2. The number of likely N-dealkylation sites (N-methyl/N-ethyl adjacent to an activating group) is 1. The SMILES string of the molecule is CN(C(=O)CN1CCNCC1)c1ccc(N=C(c2ccccc2)C2C(=O)Nc3cc(F)ccc32)cc1. The molecule has 184 valence electrons. The van der Waals surface area contributed by atoms with Crippen molar-refractivity contribution >= 4 is 34.6 Å². The summed E-state index contributed by atoms with van der Waals surface area (Å²) in [6.45, 7) is 3.89. The number of aliphatic imine (C=N–C) groups is 1. The maximum absolute atomic E-state index is 13.8. The molecule has 0 radical (unpaired) electrons. The van der Waals surface area contributed by atoms with Gasteiger partial charge in [-0.1, -0.05) is 36.4 Å². The highest BCUT2D eigenvalue weighted by Gasteiger charge is 2.35. The molecule has 0 spiro atoms. The molecule has 1 unspecified atom stereocenters. The molecule has 2 N–H and O–H groups in total. The van der Waals surface area contributed by atoms with Crippen LogP contribution in [0.3, 0.4) is 0 Å². The van der Waals surface area contributed by atoms with Gasteiger partial charge in [0.05, 0.1) is 17.9 Å². The molecule has 0 aliphatic carbocycles. The number of halogens is 1. The van der Waals surface area contributed by atoms with Crippen molar-refractivity contribution in [3.8, 4) is 0 Å². The molecule has 0 saturated carbocycles. The molecular formula is C28H28FN5O2. The van der Waals surface area contributed by atoms with Gasteiger partial charge in [0.25, 0.3) is 0 Å². The molecule has 3 aromatic carbocycles. The van der Waals surface area contributed by atoms with Gasteiger partial charge in [-0.25, -0.2) is 4.39 Å². The Morgan fingerprint density at radius 3 is 2.50 bits per heavy atom. The first-order chi connectivity index (χ1) is 17.5. The molecule has 7 nitrogen and oxygen atoms in total. The summed E-state index contributed by atoms with van der Waals surface area (Å²) in [6, 6.07) is 21.2. The van der Waals surface area contributed by atoms with E-state index in [0.717, 1.165) is 37.4 Å². The Hall–Kier alpha value is -3.88. The van der Waals surface area contributed by atoms with E-state index < -0.39 is 11.7 Å². The fraction of sp³-hybridized carbons (Fsp3) is 0.250. The number of benzene rings is 3. The monoisotopic (exact) mass is 485 g/mol. The van der Waals surface area contributed by atoms with Crippen molar-refractivity contribution in [2.75, 3.05) is 50.0 Å². The van der Waals surface area contributed by atoms with Crippen molar-refractivity contribution in [1.82, 2.24) is 10.2 Å². The number of nitrogens with zero attached hydrogens (tertiary/aromatic N) is 3. The minimum Gasteiger partial charge on any atom is -0.325 e. The molecule has 2 aliphatic heterocycles. The van der Waals surface area contributed by atoms with Crippen LogP contribution in [0.5, 0.6) is 0 Å². The quantitative estimate of drug-likeness (QED) is 0.524. The van der Waals surface area contributed by atoms with Gasteiger partial charge in [-0.2, -0.15) is 0 Å². The van der Waals surface area contributed by atoms with Crippen LogP contribution in [0.15, 0.2) is 77.8 Å².